The largest absolute Gasteiger partial charge is 0.378 e. The number of ether oxygens (including phenoxy) is 1. The Morgan fingerprint density at radius 2 is 1.96 bits per heavy atom. The average Bonchev–Trinajstić information content (AvgIpc) is 2.98. The normalized spacial score (nSPS) is 29.0. The van der Waals surface area contributed by atoms with E-state index in [0.717, 1.165) is 44.9 Å². The number of aliphatic imine (C=N–C) groups is 1. The van der Waals surface area contributed by atoms with Gasteiger partial charge in [0, 0.05) is 37.7 Å². The smallest absolute Gasteiger partial charge is 0.191 e. The van der Waals surface area contributed by atoms with Crippen molar-refractivity contribution in [1.29, 1.82) is 0 Å². The average molecular weight is 466 g/mol. The van der Waals surface area contributed by atoms with E-state index in [1.807, 2.05) is 0 Å². The van der Waals surface area contributed by atoms with Gasteiger partial charge in [0.25, 0.3) is 0 Å². The fourth-order valence-corrected chi connectivity index (χ4v) is 4.46. The predicted molar refractivity (Wildman–Crippen MR) is 117 cm³/mol. The maximum Gasteiger partial charge on any atom is 0.191 e. The second kappa shape index (κ2) is 10.9. The molecule has 6 heteroatoms. The zero-order chi connectivity index (χ0) is 17.6. The molecule has 0 spiro atoms. The lowest BCUT2D eigenvalue weighted by atomic mass is 9.58. The maximum atomic E-state index is 5.99. The van der Waals surface area contributed by atoms with Gasteiger partial charge in [-0.15, -0.1) is 24.0 Å². The van der Waals surface area contributed by atoms with E-state index in [1.165, 1.54) is 19.5 Å². The fourth-order valence-electron chi connectivity index (χ4n) is 4.46. The highest BCUT2D eigenvalue weighted by Crippen LogP contribution is 2.48. The van der Waals surface area contributed by atoms with Crippen LogP contribution in [0.2, 0.25) is 0 Å². The molecule has 3 atom stereocenters. The van der Waals surface area contributed by atoms with Crippen LogP contribution < -0.4 is 10.6 Å². The SMILES string of the molecule is CCNC(=NCC1CCN(C)C1)NC1CC(OCC)C1(CC)CC.I. The lowest BCUT2D eigenvalue weighted by molar-refractivity contribution is -0.133. The molecule has 148 valence electrons. The molecule has 5 nitrogen and oxygen atoms in total. The second-order valence-corrected chi connectivity index (χ2v) is 7.45. The van der Waals surface area contributed by atoms with E-state index in [9.17, 15) is 0 Å². The molecule has 0 radical (unpaired) electrons. The van der Waals surface area contributed by atoms with Gasteiger partial charge in [-0.2, -0.15) is 0 Å². The lowest BCUT2D eigenvalue weighted by Crippen LogP contribution is -2.65. The number of nitrogens with one attached hydrogen (secondary N) is 2. The van der Waals surface area contributed by atoms with Crippen LogP contribution in [-0.2, 0) is 4.74 Å². The van der Waals surface area contributed by atoms with Gasteiger partial charge in [0.15, 0.2) is 5.96 Å². The fraction of sp³-hybridized carbons (Fsp3) is 0.947. The molecule has 2 fully saturated rings. The first-order valence-electron chi connectivity index (χ1n) is 9.94. The van der Waals surface area contributed by atoms with Crippen molar-refractivity contribution >= 4 is 29.9 Å². The molecular formula is C19H39IN4O. The number of guanidine groups is 1. The highest BCUT2D eigenvalue weighted by atomic mass is 127. The van der Waals surface area contributed by atoms with Crippen LogP contribution in [0.3, 0.4) is 0 Å². The number of hydrogen-bond acceptors (Lipinski definition) is 3. The Bertz CT molecular complexity index is 414. The van der Waals surface area contributed by atoms with Gasteiger partial charge >= 0.3 is 0 Å². The van der Waals surface area contributed by atoms with E-state index in [0.29, 0.717) is 18.1 Å². The molecule has 0 amide bonds. The van der Waals surface area contributed by atoms with Crippen molar-refractivity contribution < 1.29 is 4.74 Å². The molecule has 1 saturated carbocycles. The Labute approximate surface area is 171 Å². The number of nitrogens with zero attached hydrogens (tertiary/aromatic N) is 2. The van der Waals surface area contributed by atoms with Gasteiger partial charge in [0.2, 0.25) is 0 Å². The Balaban J connectivity index is 0.00000312. The molecule has 2 aliphatic rings. The molecule has 3 unspecified atom stereocenters. The van der Waals surface area contributed by atoms with Crippen LogP contribution in [0.15, 0.2) is 4.99 Å². The van der Waals surface area contributed by atoms with Crippen molar-refractivity contribution in [2.24, 2.45) is 16.3 Å². The summed E-state index contributed by atoms with van der Waals surface area (Å²) in [5, 5.41) is 7.15. The van der Waals surface area contributed by atoms with Crippen LogP contribution in [-0.4, -0.2) is 62.8 Å². The van der Waals surface area contributed by atoms with E-state index >= 15 is 0 Å². The summed E-state index contributed by atoms with van der Waals surface area (Å²) in [7, 11) is 2.20. The molecule has 2 rings (SSSR count). The molecule has 0 aromatic rings. The first-order chi connectivity index (χ1) is 11.6. The topological polar surface area (TPSA) is 48.9 Å². The van der Waals surface area contributed by atoms with Crippen molar-refractivity contribution in [3.63, 3.8) is 0 Å². The van der Waals surface area contributed by atoms with Crippen molar-refractivity contribution in [1.82, 2.24) is 15.5 Å². The quantitative estimate of drug-likeness (QED) is 0.328. The Morgan fingerprint density at radius 1 is 1.24 bits per heavy atom. The summed E-state index contributed by atoms with van der Waals surface area (Å²) in [6, 6.07) is 0.466. The molecule has 0 aromatic heterocycles. The minimum Gasteiger partial charge on any atom is -0.378 e. The summed E-state index contributed by atoms with van der Waals surface area (Å²) in [5.74, 6) is 1.68. The molecule has 25 heavy (non-hydrogen) atoms. The van der Waals surface area contributed by atoms with Crippen LogP contribution in [0, 0.1) is 11.3 Å². The molecule has 1 heterocycles. The number of likely N-dealkylation sites (tertiary alicyclic amines) is 1. The van der Waals surface area contributed by atoms with E-state index in [-0.39, 0.29) is 29.4 Å². The van der Waals surface area contributed by atoms with E-state index in [2.05, 4.69) is 50.3 Å². The maximum absolute atomic E-state index is 5.99. The van der Waals surface area contributed by atoms with E-state index < -0.39 is 0 Å². The highest BCUT2D eigenvalue weighted by Gasteiger charge is 2.53. The summed E-state index contributed by atoms with van der Waals surface area (Å²) in [6.07, 6.45) is 5.05. The van der Waals surface area contributed by atoms with E-state index in [4.69, 9.17) is 9.73 Å². The Hall–Kier alpha value is -0.0800. The van der Waals surface area contributed by atoms with Crippen LogP contribution in [0.1, 0.15) is 53.4 Å². The third kappa shape index (κ3) is 5.45. The summed E-state index contributed by atoms with van der Waals surface area (Å²) in [4.78, 5) is 7.28. The van der Waals surface area contributed by atoms with Gasteiger partial charge in [-0.1, -0.05) is 13.8 Å². The zero-order valence-electron chi connectivity index (χ0n) is 16.8. The lowest BCUT2D eigenvalue weighted by Gasteiger charge is -2.55. The summed E-state index contributed by atoms with van der Waals surface area (Å²) < 4.78 is 5.99. The van der Waals surface area contributed by atoms with Crippen LogP contribution in [0.25, 0.3) is 0 Å². The van der Waals surface area contributed by atoms with Gasteiger partial charge in [0.1, 0.15) is 0 Å². The number of halogens is 1. The molecular weight excluding hydrogens is 427 g/mol. The van der Waals surface area contributed by atoms with Crippen molar-refractivity contribution in [2.45, 2.75) is 65.5 Å². The second-order valence-electron chi connectivity index (χ2n) is 7.45. The molecule has 1 aliphatic heterocycles. The van der Waals surface area contributed by atoms with Gasteiger partial charge in [0.05, 0.1) is 6.10 Å². The third-order valence-corrected chi connectivity index (χ3v) is 6.12. The molecule has 2 N–H and O–H groups in total. The van der Waals surface area contributed by atoms with Crippen LogP contribution in [0.4, 0.5) is 0 Å². The minimum atomic E-state index is 0. The molecule has 1 saturated heterocycles. The van der Waals surface area contributed by atoms with Crippen molar-refractivity contribution in [3.8, 4) is 0 Å². The first-order valence-corrected chi connectivity index (χ1v) is 9.94. The Kier molecular flexibility index (Phi) is 10.0. The zero-order valence-corrected chi connectivity index (χ0v) is 19.1. The first kappa shape index (κ1) is 23.0. The monoisotopic (exact) mass is 466 g/mol. The number of rotatable bonds is 8. The van der Waals surface area contributed by atoms with Gasteiger partial charge in [-0.3, -0.25) is 4.99 Å². The summed E-state index contributed by atoms with van der Waals surface area (Å²) >= 11 is 0. The van der Waals surface area contributed by atoms with Crippen LogP contribution >= 0.6 is 24.0 Å². The van der Waals surface area contributed by atoms with Gasteiger partial charge in [-0.25, -0.2) is 0 Å². The third-order valence-electron chi connectivity index (χ3n) is 6.12. The standard InChI is InChI=1S/C19H38N4O.HI/c1-6-19(7-2)16(12-17(19)24-9-4)22-18(20-8-3)21-13-15-10-11-23(5)14-15;/h15-17H,6-14H2,1-5H3,(H2,20,21,22);1H. The van der Waals surface area contributed by atoms with Crippen molar-refractivity contribution in [2.75, 3.05) is 39.8 Å². The van der Waals surface area contributed by atoms with Crippen LogP contribution in [0.5, 0.6) is 0 Å². The minimum absolute atomic E-state index is 0. The summed E-state index contributed by atoms with van der Waals surface area (Å²) in [6.45, 7) is 13.8. The van der Waals surface area contributed by atoms with Gasteiger partial charge < -0.3 is 20.3 Å². The van der Waals surface area contributed by atoms with Crippen molar-refractivity contribution in [3.05, 3.63) is 0 Å². The molecule has 0 aromatic carbocycles. The predicted octanol–water partition coefficient (Wildman–Crippen LogP) is 3.10. The number of hydrogen-bond donors (Lipinski definition) is 2. The summed E-state index contributed by atoms with van der Waals surface area (Å²) in [5.41, 5.74) is 0.250. The molecule has 1 aliphatic carbocycles. The van der Waals surface area contributed by atoms with E-state index in [1.54, 1.807) is 0 Å². The highest BCUT2D eigenvalue weighted by molar-refractivity contribution is 14.0. The Morgan fingerprint density at radius 3 is 2.48 bits per heavy atom. The van der Waals surface area contributed by atoms with Gasteiger partial charge in [-0.05, 0) is 59.0 Å². The molecule has 0 bridgehead atoms.